The van der Waals surface area contributed by atoms with Crippen LogP contribution < -0.4 is 5.73 Å². The van der Waals surface area contributed by atoms with Gasteiger partial charge in [-0.05, 0) is 31.9 Å². The highest BCUT2D eigenvalue weighted by atomic mass is 16.5. The Kier molecular flexibility index (Phi) is 4.74. The number of aromatic nitrogens is 2. The Hall–Kier alpha value is -1.88. The molecule has 0 radical (unpaired) electrons. The third kappa shape index (κ3) is 2.99. The third-order valence-electron chi connectivity index (χ3n) is 3.17. The van der Waals surface area contributed by atoms with Gasteiger partial charge in [-0.15, -0.1) is 0 Å². The summed E-state index contributed by atoms with van der Waals surface area (Å²) in [7, 11) is 0. The van der Waals surface area contributed by atoms with Crippen molar-refractivity contribution < 1.29 is 9.26 Å². The Morgan fingerprint density at radius 1 is 1.35 bits per heavy atom. The van der Waals surface area contributed by atoms with Crippen LogP contribution in [0.4, 0.5) is 5.69 Å². The van der Waals surface area contributed by atoms with E-state index >= 15 is 0 Å². The maximum Gasteiger partial charge on any atom is 0.260 e. The summed E-state index contributed by atoms with van der Waals surface area (Å²) in [6.07, 6.45) is 1.75. The van der Waals surface area contributed by atoms with Gasteiger partial charge in [0.15, 0.2) is 0 Å². The zero-order chi connectivity index (χ0) is 14.5. The molecule has 1 heterocycles. The molecule has 1 unspecified atom stereocenters. The number of benzene rings is 1. The number of hydrogen-bond acceptors (Lipinski definition) is 5. The van der Waals surface area contributed by atoms with Crippen molar-refractivity contribution in [1.82, 2.24) is 10.1 Å². The number of rotatable bonds is 6. The van der Waals surface area contributed by atoms with Gasteiger partial charge >= 0.3 is 0 Å². The predicted molar refractivity (Wildman–Crippen MR) is 78.2 cm³/mol. The van der Waals surface area contributed by atoms with Gasteiger partial charge in [-0.1, -0.05) is 30.6 Å². The van der Waals surface area contributed by atoms with Gasteiger partial charge in [-0.25, -0.2) is 0 Å². The summed E-state index contributed by atoms with van der Waals surface area (Å²) in [5.74, 6) is 1.04. The quantitative estimate of drug-likeness (QED) is 0.817. The lowest BCUT2D eigenvalue weighted by atomic mass is 10.1. The molecular weight excluding hydrogens is 254 g/mol. The lowest BCUT2D eigenvalue weighted by molar-refractivity contribution is 0.0478. The standard InChI is InChI=1S/C15H21N3O2/c1-4-7-12(19-5-2)14-17-15(20-18-14)13-10(3)8-6-9-11(13)16/h6,8-9,12H,4-5,7,16H2,1-3H3. The summed E-state index contributed by atoms with van der Waals surface area (Å²) in [5, 5.41) is 4.05. The highest BCUT2D eigenvalue weighted by Gasteiger charge is 2.20. The molecule has 1 aromatic heterocycles. The maximum atomic E-state index is 6.00. The van der Waals surface area contributed by atoms with Crippen molar-refractivity contribution in [2.75, 3.05) is 12.3 Å². The first-order valence-corrected chi connectivity index (χ1v) is 6.98. The van der Waals surface area contributed by atoms with Crippen molar-refractivity contribution in [2.24, 2.45) is 0 Å². The molecule has 0 amide bonds. The predicted octanol–water partition coefficient (Wildman–Crippen LogP) is 3.50. The zero-order valence-electron chi connectivity index (χ0n) is 12.2. The molecule has 0 aliphatic rings. The van der Waals surface area contributed by atoms with E-state index in [0.717, 1.165) is 24.0 Å². The Labute approximate surface area is 119 Å². The van der Waals surface area contributed by atoms with Crippen LogP contribution in [0.5, 0.6) is 0 Å². The van der Waals surface area contributed by atoms with Crippen LogP contribution in [-0.2, 0) is 4.74 Å². The molecule has 5 nitrogen and oxygen atoms in total. The molecule has 1 aromatic carbocycles. The highest BCUT2D eigenvalue weighted by molar-refractivity contribution is 5.73. The van der Waals surface area contributed by atoms with Crippen LogP contribution in [0.15, 0.2) is 22.7 Å². The van der Waals surface area contributed by atoms with Crippen molar-refractivity contribution in [3.05, 3.63) is 29.6 Å². The van der Waals surface area contributed by atoms with E-state index in [1.807, 2.05) is 32.0 Å². The zero-order valence-corrected chi connectivity index (χ0v) is 12.2. The number of hydrogen-bond donors (Lipinski definition) is 1. The van der Waals surface area contributed by atoms with Crippen LogP contribution in [0.25, 0.3) is 11.5 Å². The van der Waals surface area contributed by atoms with Crippen LogP contribution in [0.2, 0.25) is 0 Å². The molecule has 0 spiro atoms. The Balaban J connectivity index is 2.32. The molecule has 5 heteroatoms. The van der Waals surface area contributed by atoms with E-state index in [2.05, 4.69) is 17.1 Å². The van der Waals surface area contributed by atoms with E-state index in [9.17, 15) is 0 Å². The molecular formula is C15H21N3O2. The fraction of sp³-hybridized carbons (Fsp3) is 0.467. The second kappa shape index (κ2) is 6.52. The Bertz CT molecular complexity index is 540. The van der Waals surface area contributed by atoms with Gasteiger partial charge in [-0.3, -0.25) is 0 Å². The summed E-state index contributed by atoms with van der Waals surface area (Å²) in [6.45, 7) is 6.66. The number of nitrogen functional groups attached to an aromatic ring is 1. The van der Waals surface area contributed by atoms with Gasteiger partial charge in [0, 0.05) is 12.3 Å². The highest BCUT2D eigenvalue weighted by Crippen LogP contribution is 2.29. The Morgan fingerprint density at radius 3 is 2.80 bits per heavy atom. The second-order valence-electron chi connectivity index (χ2n) is 4.73. The second-order valence-corrected chi connectivity index (χ2v) is 4.73. The number of aryl methyl sites for hydroxylation is 1. The molecule has 0 aliphatic heterocycles. The number of nitrogens with two attached hydrogens (primary N) is 1. The van der Waals surface area contributed by atoms with Crippen molar-refractivity contribution in [1.29, 1.82) is 0 Å². The van der Waals surface area contributed by atoms with Crippen LogP contribution in [-0.4, -0.2) is 16.7 Å². The summed E-state index contributed by atoms with van der Waals surface area (Å²) in [4.78, 5) is 4.46. The summed E-state index contributed by atoms with van der Waals surface area (Å²) in [5.41, 5.74) is 8.46. The average molecular weight is 275 g/mol. The first-order valence-electron chi connectivity index (χ1n) is 6.98. The van der Waals surface area contributed by atoms with Crippen molar-refractivity contribution >= 4 is 5.69 Å². The summed E-state index contributed by atoms with van der Waals surface area (Å²) >= 11 is 0. The van der Waals surface area contributed by atoms with Crippen LogP contribution in [0.1, 0.15) is 44.2 Å². The van der Waals surface area contributed by atoms with Crippen molar-refractivity contribution in [2.45, 2.75) is 39.7 Å². The lowest BCUT2D eigenvalue weighted by Crippen LogP contribution is -2.06. The minimum absolute atomic E-state index is 0.118. The van der Waals surface area contributed by atoms with Crippen LogP contribution in [0.3, 0.4) is 0 Å². The van der Waals surface area contributed by atoms with E-state index in [4.69, 9.17) is 15.0 Å². The molecule has 0 saturated carbocycles. The normalized spacial score (nSPS) is 12.6. The molecule has 2 rings (SSSR count). The first kappa shape index (κ1) is 14.5. The largest absolute Gasteiger partial charge is 0.398 e. The van der Waals surface area contributed by atoms with Gasteiger partial charge in [-0.2, -0.15) is 4.98 Å². The third-order valence-corrected chi connectivity index (χ3v) is 3.17. The SMILES string of the molecule is CCCC(OCC)c1noc(-c2c(C)cccc2N)n1. The van der Waals surface area contributed by atoms with E-state index in [1.165, 1.54) is 0 Å². The average Bonchev–Trinajstić information content (AvgIpc) is 2.87. The molecule has 0 bridgehead atoms. The molecule has 0 saturated heterocycles. The Morgan fingerprint density at radius 2 is 2.15 bits per heavy atom. The van der Waals surface area contributed by atoms with E-state index in [1.54, 1.807) is 0 Å². The van der Waals surface area contributed by atoms with E-state index in [-0.39, 0.29) is 6.10 Å². The fourth-order valence-electron chi connectivity index (χ4n) is 2.20. The number of nitrogens with zero attached hydrogens (tertiary/aromatic N) is 2. The smallest absolute Gasteiger partial charge is 0.260 e. The fourth-order valence-corrected chi connectivity index (χ4v) is 2.20. The summed E-state index contributed by atoms with van der Waals surface area (Å²) in [6, 6.07) is 5.71. The first-order chi connectivity index (χ1) is 9.67. The molecule has 20 heavy (non-hydrogen) atoms. The van der Waals surface area contributed by atoms with Crippen LogP contribution in [0, 0.1) is 6.92 Å². The van der Waals surface area contributed by atoms with Crippen LogP contribution >= 0.6 is 0 Å². The van der Waals surface area contributed by atoms with Crippen molar-refractivity contribution in [3.8, 4) is 11.5 Å². The monoisotopic (exact) mass is 275 g/mol. The molecule has 0 aliphatic carbocycles. The molecule has 108 valence electrons. The minimum Gasteiger partial charge on any atom is -0.398 e. The van der Waals surface area contributed by atoms with Gasteiger partial charge in [0.2, 0.25) is 5.82 Å². The van der Waals surface area contributed by atoms with E-state index < -0.39 is 0 Å². The van der Waals surface area contributed by atoms with Gasteiger partial charge in [0.1, 0.15) is 6.10 Å². The molecule has 2 N–H and O–H groups in total. The number of ether oxygens (including phenoxy) is 1. The van der Waals surface area contributed by atoms with Crippen molar-refractivity contribution in [3.63, 3.8) is 0 Å². The van der Waals surface area contributed by atoms with Gasteiger partial charge in [0.05, 0.1) is 5.56 Å². The topological polar surface area (TPSA) is 74.2 Å². The molecule has 2 aromatic rings. The minimum atomic E-state index is -0.118. The van der Waals surface area contributed by atoms with Gasteiger partial charge in [0.25, 0.3) is 5.89 Å². The summed E-state index contributed by atoms with van der Waals surface area (Å²) < 4.78 is 11.0. The lowest BCUT2D eigenvalue weighted by Gasteiger charge is -2.11. The molecule has 0 fully saturated rings. The number of anilines is 1. The maximum absolute atomic E-state index is 6.00. The van der Waals surface area contributed by atoms with Gasteiger partial charge < -0.3 is 15.0 Å². The molecule has 1 atom stereocenters. The van der Waals surface area contributed by atoms with E-state index in [0.29, 0.717) is 24.0 Å².